The Morgan fingerprint density at radius 3 is 1.57 bits per heavy atom. The van der Waals surface area contributed by atoms with Gasteiger partial charge in [-0.15, -0.1) is 0 Å². The number of nitrogens with zero attached hydrogens (tertiary/aromatic N) is 5. The number of likely N-dealkylation sites (N-methyl/N-ethyl adjacent to an activating group) is 1. The van der Waals surface area contributed by atoms with E-state index in [0.29, 0.717) is 61.7 Å². The van der Waals surface area contributed by atoms with Gasteiger partial charge in [-0.05, 0) is 93.8 Å². The number of amides is 4. The fourth-order valence-electron chi connectivity index (χ4n) is 10.7. The van der Waals surface area contributed by atoms with Crippen molar-refractivity contribution in [2.75, 3.05) is 67.3 Å². The SMILES string of the molecule is C.C.CN1CCOCC1.COc1cccc2[nH]c(C(=O)C[C@@H](CC(C)C)C(=O)N[C@@H](C[C@@H]3CCNC3=O)C(=O)CO)cc12.COc1cccc2[nH]c(C(=O)C[C@@H](CC(C)C)C(=O)N[C@@H](C[C@@H]3CCNC3=O)c3coc(=O)o3)cc12.O=C(n1ccnc1)n1ccnc1. The number of aliphatic hydroxyl groups excluding tert-OH is 1. The number of carbonyl (C=O) groups excluding carboxylic acids is 8. The van der Waals surface area contributed by atoms with Crippen LogP contribution < -0.4 is 36.6 Å². The van der Waals surface area contributed by atoms with Gasteiger partial charge in [-0.2, -0.15) is 0 Å². The van der Waals surface area contributed by atoms with Crippen LogP contribution in [0.5, 0.6) is 11.5 Å². The predicted octanol–water partition coefficient (Wildman–Crippen LogP) is 7.14. The number of carbonyl (C=O) groups is 8. The Morgan fingerprint density at radius 1 is 0.703 bits per heavy atom. The van der Waals surface area contributed by atoms with E-state index < -0.39 is 54.0 Å². The number of morpholine rings is 1. The number of rotatable bonds is 23. The molecule has 7 N–H and O–H groups in total. The van der Waals surface area contributed by atoms with Crippen LogP contribution in [0.25, 0.3) is 21.8 Å². The summed E-state index contributed by atoms with van der Waals surface area (Å²) in [6, 6.07) is 12.5. The molecule has 3 aliphatic rings. The van der Waals surface area contributed by atoms with Gasteiger partial charge in [0.25, 0.3) is 0 Å². The van der Waals surface area contributed by atoms with Crippen LogP contribution in [-0.2, 0) is 28.7 Å². The van der Waals surface area contributed by atoms with Crippen LogP contribution in [0.15, 0.2) is 106 Å². The van der Waals surface area contributed by atoms with Crippen LogP contribution in [0.2, 0.25) is 0 Å². The van der Waals surface area contributed by atoms with Crippen molar-refractivity contribution in [3.8, 4) is 11.5 Å². The zero-order chi connectivity index (χ0) is 64.1. The monoisotopic (exact) mass is 1260 g/mol. The number of H-pyrrole nitrogens is 2. The molecule has 3 fully saturated rings. The molecule has 0 unspecified atom stereocenters. The second-order valence-corrected chi connectivity index (χ2v) is 23.0. The molecule has 5 aromatic heterocycles. The number of Topliss-reactive ketones (excluding diaryl/α,β-unsaturated/α-hetero) is 3. The molecule has 0 bridgehead atoms. The third-order valence-corrected chi connectivity index (χ3v) is 15.5. The lowest BCUT2D eigenvalue weighted by Gasteiger charge is -2.23. The quantitative estimate of drug-likeness (QED) is 0.0313. The van der Waals surface area contributed by atoms with Crippen LogP contribution in [0.1, 0.15) is 127 Å². The summed E-state index contributed by atoms with van der Waals surface area (Å²) in [6.07, 6.45) is 12.8. The predicted molar refractivity (Wildman–Crippen MR) is 340 cm³/mol. The van der Waals surface area contributed by atoms with Crippen molar-refractivity contribution < 1.29 is 66.5 Å². The molecule has 494 valence electrons. The number of ether oxygens (including phenoxy) is 3. The second kappa shape index (κ2) is 35.4. The van der Waals surface area contributed by atoms with Crippen LogP contribution in [0, 0.1) is 35.5 Å². The molecule has 2 aromatic carbocycles. The third kappa shape index (κ3) is 20.8. The number of methoxy groups -OCH3 is 2. The van der Waals surface area contributed by atoms with E-state index in [9.17, 15) is 48.3 Å². The fourth-order valence-corrected chi connectivity index (χ4v) is 10.7. The van der Waals surface area contributed by atoms with Crippen LogP contribution in [0.3, 0.4) is 0 Å². The zero-order valence-electron chi connectivity index (χ0n) is 51.3. The van der Waals surface area contributed by atoms with E-state index in [2.05, 4.69) is 53.2 Å². The molecule has 0 aliphatic carbocycles. The first-order chi connectivity index (χ1) is 42.7. The maximum Gasteiger partial charge on any atom is 0.518 e. The van der Waals surface area contributed by atoms with Gasteiger partial charge < -0.3 is 64.3 Å². The van der Waals surface area contributed by atoms with Gasteiger partial charge in [-0.25, -0.2) is 19.6 Å². The highest BCUT2D eigenvalue weighted by Crippen LogP contribution is 2.31. The van der Waals surface area contributed by atoms with E-state index in [1.807, 2.05) is 64.1 Å². The Bertz CT molecular complexity index is 3500. The van der Waals surface area contributed by atoms with Gasteiger partial charge in [0.1, 0.15) is 37.0 Å². The van der Waals surface area contributed by atoms with Crippen molar-refractivity contribution in [2.24, 2.45) is 35.5 Å². The first-order valence-electron chi connectivity index (χ1n) is 29.8. The van der Waals surface area contributed by atoms with Crippen molar-refractivity contribution >= 4 is 68.8 Å². The Labute approximate surface area is 528 Å². The number of benzene rings is 2. The van der Waals surface area contributed by atoms with E-state index in [1.54, 1.807) is 51.1 Å². The highest BCUT2D eigenvalue weighted by atomic mass is 16.6. The molecule has 91 heavy (non-hydrogen) atoms. The molecule has 26 nitrogen and oxygen atoms in total. The van der Waals surface area contributed by atoms with Gasteiger partial charge in [0, 0.05) is 109 Å². The maximum atomic E-state index is 13.4. The smallest absolute Gasteiger partial charge is 0.496 e. The summed E-state index contributed by atoms with van der Waals surface area (Å²) in [5, 5.41) is 22.1. The van der Waals surface area contributed by atoms with E-state index in [1.165, 1.54) is 21.8 Å². The lowest BCUT2D eigenvalue weighted by atomic mass is 9.89. The molecule has 10 rings (SSSR count). The van der Waals surface area contributed by atoms with Gasteiger partial charge >= 0.3 is 11.9 Å². The number of imidazole rings is 2. The molecule has 8 heterocycles. The topological polar surface area (TPSA) is 346 Å². The minimum absolute atomic E-state index is 0. The van der Waals surface area contributed by atoms with Gasteiger partial charge in [-0.1, -0.05) is 54.7 Å². The highest BCUT2D eigenvalue weighted by Gasteiger charge is 2.35. The van der Waals surface area contributed by atoms with Crippen LogP contribution in [0.4, 0.5) is 4.79 Å². The number of nitrogens with one attached hydrogen (secondary N) is 6. The van der Waals surface area contributed by atoms with Gasteiger partial charge in [0.15, 0.2) is 23.1 Å². The summed E-state index contributed by atoms with van der Waals surface area (Å²) in [4.78, 5) is 128. The maximum absolute atomic E-state index is 13.4. The highest BCUT2D eigenvalue weighted by molar-refractivity contribution is 6.04. The number of hydrogen-bond acceptors (Lipinski definition) is 18. The third-order valence-electron chi connectivity index (χ3n) is 15.5. The van der Waals surface area contributed by atoms with Crippen molar-refractivity contribution in [3.63, 3.8) is 0 Å². The Balaban J connectivity index is 0.000000252. The normalized spacial score (nSPS) is 16.6. The second-order valence-electron chi connectivity index (χ2n) is 23.0. The summed E-state index contributed by atoms with van der Waals surface area (Å²) >= 11 is 0. The summed E-state index contributed by atoms with van der Waals surface area (Å²) < 4.78 is 28.5. The first kappa shape index (κ1) is 72.7. The lowest BCUT2D eigenvalue weighted by molar-refractivity contribution is -0.132. The molecule has 0 radical (unpaired) electrons. The zero-order valence-corrected chi connectivity index (χ0v) is 51.3. The number of hydrogen-bond donors (Lipinski definition) is 7. The first-order valence-corrected chi connectivity index (χ1v) is 29.8. The number of ketones is 3. The van der Waals surface area contributed by atoms with E-state index in [0.717, 1.165) is 54.4 Å². The van der Waals surface area contributed by atoms with Crippen LogP contribution >= 0.6 is 0 Å². The van der Waals surface area contributed by atoms with Gasteiger partial charge in [-0.3, -0.25) is 42.7 Å². The van der Waals surface area contributed by atoms with Crippen molar-refractivity contribution in [1.82, 2.24) is 55.2 Å². The molecule has 3 saturated heterocycles. The number of aromatic amines is 2. The molecule has 0 saturated carbocycles. The summed E-state index contributed by atoms with van der Waals surface area (Å²) in [5.41, 5.74) is 2.31. The molecular formula is C65H89N11O15. The number of aliphatic hydroxyl groups is 1. The standard InChI is InChI=1S/C26H31N3O7.C25H33N3O6.C7H6N4O.C5H11NO.2CH4/c1-14(2)9-16(11-21(30)19-12-17-18(28-19)5-4-6-22(17)34-3)25(32)29-20(23-13-35-26(33)36-23)10-15-7-8-27-24(15)31;1-14(2)9-16(11-21(30)20-12-17-18(27-20)5-4-6-23(17)34-3)25(33)28-19(22(31)13-29)10-15-7-8-26-24(15)32;12-7(10-3-1-8-5-10)11-4-2-9-6-11;1-6-2-4-7-5-3-6;;/h4-6,12-16,20,28H,7-11H2,1-3H3,(H,27,31)(H,29,32);4-6,12,14-16,19,27,29H,7-11,13H2,1-3H3,(H,26,32)(H,28,33);1-6H;2-5H2,1H3;2*1H4/t15-,16+,20-;15-,16+,19-;;;;/m00..../s1. The largest absolute Gasteiger partial charge is 0.518 e. The molecule has 7 aromatic rings. The number of aromatic nitrogens is 6. The van der Waals surface area contributed by atoms with E-state index in [4.69, 9.17) is 23.0 Å². The Morgan fingerprint density at radius 2 is 1.19 bits per heavy atom. The molecule has 4 amide bonds. The number of fused-ring (bicyclic) bond motifs is 2. The average Bonchev–Trinajstić information content (AvgIpc) is 1.75. The van der Waals surface area contributed by atoms with Gasteiger partial charge in [0.2, 0.25) is 23.6 Å². The average molecular weight is 1260 g/mol. The van der Waals surface area contributed by atoms with Crippen molar-refractivity contribution in [2.45, 2.75) is 106 Å². The fraction of sp³-hybridized carbons (Fsp3) is 0.492. The summed E-state index contributed by atoms with van der Waals surface area (Å²) in [6.45, 7) is 12.2. The Kier molecular flexibility index (Phi) is 28.3. The Hall–Kier alpha value is -9.01. The van der Waals surface area contributed by atoms with Gasteiger partial charge in [0.05, 0.1) is 50.9 Å². The van der Waals surface area contributed by atoms with Crippen LogP contribution in [-0.4, -0.2) is 159 Å². The van der Waals surface area contributed by atoms with E-state index >= 15 is 0 Å². The minimum atomic E-state index is -0.978. The molecule has 6 atom stereocenters. The van der Waals surface area contributed by atoms with E-state index in [-0.39, 0.29) is 99.4 Å². The molecule has 3 aliphatic heterocycles. The molecule has 0 spiro atoms. The molecular weight excluding hydrogens is 1170 g/mol. The van der Waals surface area contributed by atoms with Crippen molar-refractivity contribution in [1.29, 1.82) is 0 Å². The lowest BCUT2D eigenvalue weighted by Crippen LogP contribution is -2.46. The summed E-state index contributed by atoms with van der Waals surface area (Å²) in [5.74, 6) is -3.18. The summed E-state index contributed by atoms with van der Waals surface area (Å²) in [7, 11) is 5.24. The van der Waals surface area contributed by atoms with Crippen molar-refractivity contribution in [3.05, 3.63) is 120 Å². The molecule has 26 heteroatoms. The minimum Gasteiger partial charge on any atom is -0.496 e.